The molecule has 2 heteroatoms. The SMILES string of the molecule is C[Si@](CC1C=CC=C1)(c1ccccc1)[Si@@](C)(CC1C=CC=C1)c1ccccc1. The lowest BCUT2D eigenvalue weighted by atomic mass is 10.2. The maximum atomic E-state index is 2.68. The Balaban J connectivity index is 1.85. The molecular weight excluding hydrogens is 368 g/mol. The van der Waals surface area contributed by atoms with Crippen molar-refractivity contribution in [3.8, 4) is 0 Å². The highest BCUT2D eigenvalue weighted by molar-refractivity contribution is 7.50. The molecule has 0 unspecified atom stereocenters. The van der Waals surface area contributed by atoms with Crippen LogP contribution in [-0.4, -0.2) is 15.2 Å². The zero-order chi connectivity index (χ0) is 19.5. The Morgan fingerprint density at radius 1 is 0.536 bits per heavy atom. The molecule has 0 aliphatic heterocycles. The summed E-state index contributed by atoms with van der Waals surface area (Å²) in [6.45, 7) is 5.37. The van der Waals surface area contributed by atoms with Crippen LogP contribution in [-0.2, 0) is 0 Å². The lowest BCUT2D eigenvalue weighted by Crippen LogP contribution is -2.73. The van der Waals surface area contributed by atoms with Gasteiger partial charge < -0.3 is 0 Å². The fraction of sp³-hybridized carbons (Fsp3) is 0.231. The van der Waals surface area contributed by atoms with E-state index in [1.807, 2.05) is 0 Å². The quantitative estimate of drug-likeness (QED) is 0.539. The van der Waals surface area contributed by atoms with Gasteiger partial charge in [-0.1, -0.05) is 133 Å². The molecule has 0 amide bonds. The molecule has 0 bridgehead atoms. The fourth-order valence-corrected chi connectivity index (χ4v) is 21.0. The Labute approximate surface area is 171 Å². The van der Waals surface area contributed by atoms with Gasteiger partial charge in [-0.25, -0.2) is 0 Å². The van der Waals surface area contributed by atoms with Crippen LogP contribution in [0.4, 0.5) is 0 Å². The molecule has 0 saturated carbocycles. The third kappa shape index (κ3) is 3.59. The first-order chi connectivity index (χ1) is 13.6. The van der Waals surface area contributed by atoms with Gasteiger partial charge in [0.1, 0.15) is 0 Å². The Morgan fingerprint density at radius 3 is 1.18 bits per heavy atom. The summed E-state index contributed by atoms with van der Waals surface area (Å²) in [6, 6.07) is 25.6. The molecule has 28 heavy (non-hydrogen) atoms. The Morgan fingerprint density at radius 2 is 0.857 bits per heavy atom. The van der Waals surface area contributed by atoms with Gasteiger partial charge in [0.2, 0.25) is 0 Å². The lowest BCUT2D eigenvalue weighted by Gasteiger charge is -2.46. The van der Waals surface area contributed by atoms with Crippen molar-refractivity contribution in [2.24, 2.45) is 11.8 Å². The van der Waals surface area contributed by atoms with Crippen LogP contribution in [0.2, 0.25) is 25.2 Å². The van der Waals surface area contributed by atoms with Crippen LogP contribution in [0.25, 0.3) is 0 Å². The normalized spacial score (nSPS) is 20.5. The molecule has 2 aromatic carbocycles. The predicted molar refractivity (Wildman–Crippen MR) is 129 cm³/mol. The van der Waals surface area contributed by atoms with Crippen LogP contribution < -0.4 is 10.4 Å². The molecule has 4 rings (SSSR count). The van der Waals surface area contributed by atoms with E-state index in [0.29, 0.717) is 11.8 Å². The average Bonchev–Trinajstić information content (AvgIpc) is 3.43. The molecule has 0 N–H and O–H groups in total. The number of rotatable bonds is 7. The zero-order valence-corrected chi connectivity index (χ0v) is 19.0. The molecule has 0 spiro atoms. The summed E-state index contributed by atoms with van der Waals surface area (Å²) in [5.41, 5.74) is 0. The first kappa shape index (κ1) is 19.2. The molecule has 0 radical (unpaired) electrons. The second kappa shape index (κ2) is 8.06. The van der Waals surface area contributed by atoms with Crippen molar-refractivity contribution >= 4 is 25.6 Å². The average molecular weight is 399 g/mol. The van der Waals surface area contributed by atoms with E-state index in [0.717, 1.165) is 0 Å². The van der Waals surface area contributed by atoms with Crippen molar-refractivity contribution in [1.82, 2.24) is 0 Å². The molecular formula is C26H30Si2. The van der Waals surface area contributed by atoms with Gasteiger partial charge in [-0.3, -0.25) is 0 Å². The van der Waals surface area contributed by atoms with Gasteiger partial charge in [0.05, 0.1) is 15.2 Å². The molecule has 0 fully saturated rings. The molecule has 142 valence electrons. The van der Waals surface area contributed by atoms with Gasteiger partial charge >= 0.3 is 0 Å². The van der Waals surface area contributed by atoms with Crippen LogP contribution in [0.15, 0.2) is 109 Å². The van der Waals surface area contributed by atoms with Crippen molar-refractivity contribution in [3.63, 3.8) is 0 Å². The monoisotopic (exact) mass is 398 g/mol. The predicted octanol–water partition coefficient (Wildman–Crippen LogP) is 5.52. The largest absolute Gasteiger partial charge is 0.0833 e. The smallest absolute Gasteiger partial charge is 0.0779 e. The highest BCUT2D eigenvalue weighted by Gasteiger charge is 2.51. The van der Waals surface area contributed by atoms with E-state index in [4.69, 9.17) is 0 Å². The van der Waals surface area contributed by atoms with E-state index in [2.05, 4.69) is 122 Å². The van der Waals surface area contributed by atoms with Crippen molar-refractivity contribution in [3.05, 3.63) is 109 Å². The molecule has 2 atom stereocenters. The highest BCUT2D eigenvalue weighted by atomic mass is 29.3. The van der Waals surface area contributed by atoms with Crippen molar-refractivity contribution in [2.45, 2.75) is 25.2 Å². The van der Waals surface area contributed by atoms with Crippen molar-refractivity contribution in [2.75, 3.05) is 0 Å². The summed E-state index contributed by atoms with van der Waals surface area (Å²) in [5, 5.41) is 3.26. The molecule has 0 heterocycles. The third-order valence-electron chi connectivity index (χ3n) is 6.98. The van der Waals surface area contributed by atoms with Gasteiger partial charge in [-0.05, 0) is 23.9 Å². The summed E-state index contributed by atoms with van der Waals surface area (Å²) in [7, 11) is -3.57. The second-order valence-corrected chi connectivity index (χ2v) is 22.6. The lowest BCUT2D eigenvalue weighted by molar-refractivity contribution is 0.919. The maximum Gasteiger partial charge on any atom is 0.0833 e. The van der Waals surface area contributed by atoms with Gasteiger partial charge in [0.15, 0.2) is 0 Å². The van der Waals surface area contributed by atoms with Gasteiger partial charge in [0, 0.05) is 0 Å². The number of allylic oxidation sites excluding steroid dienone is 8. The molecule has 2 aromatic rings. The van der Waals surface area contributed by atoms with Gasteiger partial charge in [-0.2, -0.15) is 0 Å². The van der Waals surface area contributed by atoms with E-state index >= 15 is 0 Å². The Kier molecular flexibility index (Phi) is 5.52. The first-order valence-electron chi connectivity index (χ1n) is 10.4. The molecule has 0 nitrogen and oxygen atoms in total. The summed E-state index contributed by atoms with van der Waals surface area (Å²) < 4.78 is 0. The Bertz CT molecular complexity index is 808. The fourth-order valence-electron chi connectivity index (χ4n) is 5.11. The molecule has 2 aliphatic rings. The van der Waals surface area contributed by atoms with Crippen LogP contribution in [0.3, 0.4) is 0 Å². The van der Waals surface area contributed by atoms with E-state index in [9.17, 15) is 0 Å². The summed E-state index contributed by atoms with van der Waals surface area (Å²) in [4.78, 5) is 0. The maximum absolute atomic E-state index is 2.68. The minimum Gasteiger partial charge on any atom is -0.0779 e. The topological polar surface area (TPSA) is 0 Å². The van der Waals surface area contributed by atoms with Crippen molar-refractivity contribution in [1.29, 1.82) is 0 Å². The number of hydrogen-bond donors (Lipinski definition) is 0. The Hall–Kier alpha value is -2.17. The van der Waals surface area contributed by atoms with Gasteiger partial charge in [0.25, 0.3) is 0 Å². The van der Waals surface area contributed by atoms with Crippen LogP contribution in [0.5, 0.6) is 0 Å². The summed E-state index contributed by atoms with van der Waals surface area (Å²) in [6.07, 6.45) is 18.5. The van der Waals surface area contributed by atoms with E-state index in [1.54, 1.807) is 10.4 Å². The number of benzene rings is 2. The zero-order valence-electron chi connectivity index (χ0n) is 17.0. The van der Waals surface area contributed by atoms with Crippen molar-refractivity contribution < 1.29 is 0 Å². The summed E-state index contributed by atoms with van der Waals surface area (Å²) in [5.74, 6) is 1.17. The van der Waals surface area contributed by atoms with E-state index in [1.165, 1.54) is 12.1 Å². The molecule has 2 aliphatic carbocycles. The standard InChI is InChI=1S/C26H30Si2/c1-27(21-23-13-9-10-14-23,25-17-5-3-6-18-25)28(2,22-24-15-11-12-16-24)26-19-7-4-8-20-26/h3-20,23-24H,21-22H2,1-2H3/t27-,28-/m0/s1. The number of hydrogen-bond acceptors (Lipinski definition) is 0. The molecule has 0 saturated heterocycles. The molecule has 0 aromatic heterocycles. The van der Waals surface area contributed by atoms with E-state index < -0.39 is 15.2 Å². The third-order valence-corrected chi connectivity index (χ3v) is 25.5. The minimum absolute atomic E-state index is 0.585. The summed E-state index contributed by atoms with van der Waals surface area (Å²) >= 11 is 0. The first-order valence-corrected chi connectivity index (χ1v) is 16.8. The van der Waals surface area contributed by atoms with Crippen LogP contribution in [0, 0.1) is 11.8 Å². The van der Waals surface area contributed by atoms with Gasteiger partial charge in [-0.15, -0.1) is 0 Å². The second-order valence-electron chi connectivity index (χ2n) is 8.67. The van der Waals surface area contributed by atoms with Crippen LogP contribution >= 0.6 is 0 Å². The van der Waals surface area contributed by atoms with E-state index in [-0.39, 0.29) is 0 Å². The van der Waals surface area contributed by atoms with Crippen LogP contribution in [0.1, 0.15) is 0 Å². The minimum atomic E-state index is -1.78. The highest BCUT2D eigenvalue weighted by Crippen LogP contribution is 2.35.